The minimum absolute atomic E-state index is 0.0459. The lowest BCUT2D eigenvalue weighted by atomic mass is 9.88. The molecule has 0 saturated heterocycles. The normalized spacial score (nSPS) is 18.9. The van der Waals surface area contributed by atoms with Crippen molar-refractivity contribution in [3.8, 4) is 0 Å². The Labute approximate surface area is 108 Å². The molecule has 2 rings (SSSR count). The Morgan fingerprint density at radius 3 is 2.33 bits per heavy atom. The largest absolute Gasteiger partial charge is 0.396 e. The fourth-order valence-corrected chi connectivity index (χ4v) is 3.63. The van der Waals surface area contributed by atoms with Crippen molar-refractivity contribution in [2.75, 3.05) is 13.2 Å². The molecule has 5 heteroatoms. The molecule has 1 fully saturated rings. The van der Waals surface area contributed by atoms with E-state index in [1.54, 1.807) is 30.3 Å². The molecule has 1 aromatic carbocycles. The molecular formula is C13H19NO3S. The maximum atomic E-state index is 12.1. The van der Waals surface area contributed by atoms with E-state index in [2.05, 4.69) is 4.72 Å². The summed E-state index contributed by atoms with van der Waals surface area (Å²) < 4.78 is 26.7. The highest BCUT2D eigenvalue weighted by molar-refractivity contribution is 7.89. The van der Waals surface area contributed by atoms with E-state index < -0.39 is 10.0 Å². The van der Waals surface area contributed by atoms with Crippen LogP contribution in [-0.2, 0) is 10.0 Å². The van der Waals surface area contributed by atoms with Gasteiger partial charge in [-0.15, -0.1) is 0 Å². The fourth-order valence-electron chi connectivity index (χ4n) is 2.45. The molecule has 2 N–H and O–H groups in total. The van der Waals surface area contributed by atoms with Gasteiger partial charge in [0.2, 0.25) is 10.0 Å². The van der Waals surface area contributed by atoms with Gasteiger partial charge in [-0.05, 0) is 25.0 Å². The standard InChI is InChI=1S/C13H19NO3S/c15-11-13(8-4-5-9-13)10-14-18(16,17)12-6-2-1-3-7-12/h1-3,6-7,14-15H,4-5,8-11H2. The van der Waals surface area contributed by atoms with E-state index in [9.17, 15) is 13.5 Å². The number of aliphatic hydroxyl groups is 1. The Bertz CT molecular complexity index is 478. The van der Waals surface area contributed by atoms with Gasteiger partial charge in [-0.2, -0.15) is 0 Å². The zero-order valence-electron chi connectivity index (χ0n) is 10.3. The zero-order chi connectivity index (χ0) is 13.1. The van der Waals surface area contributed by atoms with E-state index in [-0.39, 0.29) is 16.9 Å². The van der Waals surface area contributed by atoms with Crippen LogP contribution in [0.25, 0.3) is 0 Å². The van der Waals surface area contributed by atoms with Gasteiger partial charge in [-0.25, -0.2) is 13.1 Å². The van der Waals surface area contributed by atoms with Gasteiger partial charge in [0.05, 0.1) is 4.90 Å². The van der Waals surface area contributed by atoms with Gasteiger partial charge >= 0.3 is 0 Å². The molecule has 0 aromatic heterocycles. The highest BCUT2D eigenvalue weighted by Gasteiger charge is 2.34. The number of nitrogens with one attached hydrogen (secondary N) is 1. The Hall–Kier alpha value is -0.910. The average molecular weight is 269 g/mol. The van der Waals surface area contributed by atoms with Gasteiger partial charge in [0.15, 0.2) is 0 Å². The number of aliphatic hydroxyl groups excluding tert-OH is 1. The Balaban J connectivity index is 2.06. The van der Waals surface area contributed by atoms with E-state index >= 15 is 0 Å². The molecule has 0 aliphatic heterocycles. The Kier molecular flexibility index (Phi) is 4.04. The highest BCUT2D eigenvalue weighted by Crippen LogP contribution is 2.37. The van der Waals surface area contributed by atoms with Crippen LogP contribution >= 0.6 is 0 Å². The predicted octanol–water partition coefficient (Wildman–Crippen LogP) is 1.52. The Morgan fingerprint density at radius 1 is 1.17 bits per heavy atom. The summed E-state index contributed by atoms with van der Waals surface area (Å²) in [6.07, 6.45) is 3.91. The molecule has 0 heterocycles. The molecule has 1 saturated carbocycles. The first kappa shape index (κ1) is 13.5. The quantitative estimate of drug-likeness (QED) is 0.851. The smallest absolute Gasteiger partial charge is 0.240 e. The molecule has 1 aliphatic rings. The van der Waals surface area contributed by atoms with Crippen LogP contribution < -0.4 is 4.72 Å². The number of sulfonamides is 1. The van der Waals surface area contributed by atoms with Gasteiger partial charge in [-0.1, -0.05) is 31.0 Å². The van der Waals surface area contributed by atoms with Gasteiger partial charge in [0, 0.05) is 18.6 Å². The molecule has 1 aromatic rings. The van der Waals surface area contributed by atoms with Crippen LogP contribution in [0, 0.1) is 5.41 Å². The van der Waals surface area contributed by atoms with Crippen molar-refractivity contribution in [3.63, 3.8) is 0 Å². The molecule has 0 amide bonds. The maximum Gasteiger partial charge on any atom is 0.240 e. The third-order valence-corrected chi connectivity index (χ3v) is 5.11. The second-order valence-corrected chi connectivity index (χ2v) is 6.77. The minimum atomic E-state index is -3.46. The predicted molar refractivity (Wildman–Crippen MR) is 69.6 cm³/mol. The van der Waals surface area contributed by atoms with Crippen molar-refractivity contribution in [1.82, 2.24) is 4.72 Å². The fraction of sp³-hybridized carbons (Fsp3) is 0.538. The maximum absolute atomic E-state index is 12.1. The van der Waals surface area contributed by atoms with E-state index in [4.69, 9.17) is 0 Å². The Morgan fingerprint density at radius 2 is 1.78 bits per heavy atom. The molecular weight excluding hydrogens is 250 g/mol. The van der Waals surface area contributed by atoms with E-state index in [1.165, 1.54) is 0 Å². The van der Waals surface area contributed by atoms with Crippen molar-refractivity contribution >= 4 is 10.0 Å². The monoisotopic (exact) mass is 269 g/mol. The lowest BCUT2D eigenvalue weighted by Gasteiger charge is -2.26. The van der Waals surface area contributed by atoms with Crippen molar-refractivity contribution in [3.05, 3.63) is 30.3 Å². The van der Waals surface area contributed by atoms with Crippen LogP contribution in [0.4, 0.5) is 0 Å². The van der Waals surface area contributed by atoms with Gasteiger partial charge in [0.25, 0.3) is 0 Å². The lowest BCUT2D eigenvalue weighted by Crippen LogP contribution is -2.38. The van der Waals surface area contributed by atoms with Crippen LogP contribution in [0.1, 0.15) is 25.7 Å². The molecule has 100 valence electrons. The van der Waals surface area contributed by atoms with E-state index in [0.29, 0.717) is 6.54 Å². The lowest BCUT2D eigenvalue weighted by molar-refractivity contribution is 0.134. The van der Waals surface area contributed by atoms with Gasteiger partial charge < -0.3 is 5.11 Å². The third kappa shape index (κ3) is 2.91. The van der Waals surface area contributed by atoms with E-state index in [0.717, 1.165) is 25.7 Å². The summed E-state index contributed by atoms with van der Waals surface area (Å²) in [5.74, 6) is 0. The van der Waals surface area contributed by atoms with Gasteiger partial charge in [0.1, 0.15) is 0 Å². The summed E-state index contributed by atoms with van der Waals surface area (Å²) in [4.78, 5) is 0.274. The molecule has 0 bridgehead atoms. The second kappa shape index (κ2) is 5.38. The zero-order valence-corrected chi connectivity index (χ0v) is 11.1. The third-order valence-electron chi connectivity index (χ3n) is 3.69. The van der Waals surface area contributed by atoms with Gasteiger partial charge in [-0.3, -0.25) is 0 Å². The van der Waals surface area contributed by atoms with Crippen molar-refractivity contribution in [2.24, 2.45) is 5.41 Å². The summed E-state index contributed by atoms with van der Waals surface area (Å²) in [5.41, 5.74) is -0.262. The van der Waals surface area contributed by atoms with E-state index in [1.807, 2.05) is 0 Å². The molecule has 4 nitrogen and oxygen atoms in total. The van der Waals surface area contributed by atoms with Crippen LogP contribution in [0.3, 0.4) is 0 Å². The summed E-state index contributed by atoms with van der Waals surface area (Å²) in [5, 5.41) is 9.45. The minimum Gasteiger partial charge on any atom is -0.396 e. The average Bonchev–Trinajstić information content (AvgIpc) is 2.87. The van der Waals surface area contributed by atoms with Crippen LogP contribution in [0.5, 0.6) is 0 Å². The summed E-state index contributed by atoms with van der Waals surface area (Å²) in [6.45, 7) is 0.366. The number of benzene rings is 1. The van der Waals surface area contributed by atoms with Crippen LogP contribution in [0.2, 0.25) is 0 Å². The first-order valence-corrected chi connectivity index (χ1v) is 7.72. The topological polar surface area (TPSA) is 66.4 Å². The first-order chi connectivity index (χ1) is 8.58. The summed E-state index contributed by atoms with van der Waals surface area (Å²) in [7, 11) is -3.46. The molecule has 1 aliphatic carbocycles. The van der Waals surface area contributed by atoms with Crippen molar-refractivity contribution in [1.29, 1.82) is 0 Å². The molecule has 0 unspecified atom stereocenters. The number of hydrogen-bond donors (Lipinski definition) is 2. The molecule has 0 radical (unpaired) electrons. The first-order valence-electron chi connectivity index (χ1n) is 6.24. The van der Waals surface area contributed by atoms with Crippen LogP contribution in [-0.4, -0.2) is 26.7 Å². The highest BCUT2D eigenvalue weighted by atomic mass is 32.2. The van der Waals surface area contributed by atoms with Crippen molar-refractivity contribution < 1.29 is 13.5 Å². The summed E-state index contributed by atoms with van der Waals surface area (Å²) >= 11 is 0. The molecule has 18 heavy (non-hydrogen) atoms. The SMILES string of the molecule is O=S(=O)(NCC1(CO)CCCC1)c1ccccc1. The van der Waals surface area contributed by atoms with Crippen molar-refractivity contribution in [2.45, 2.75) is 30.6 Å². The van der Waals surface area contributed by atoms with Crippen LogP contribution in [0.15, 0.2) is 35.2 Å². The molecule has 0 atom stereocenters. The molecule has 0 spiro atoms. The summed E-state index contributed by atoms with van der Waals surface area (Å²) in [6, 6.07) is 8.33. The number of rotatable bonds is 5. The second-order valence-electron chi connectivity index (χ2n) is 5.00. The number of hydrogen-bond acceptors (Lipinski definition) is 3.